The minimum absolute atomic E-state index is 0.0880. The molecule has 0 aliphatic rings. The highest BCUT2D eigenvalue weighted by atomic mass is 79.9. The molecule has 0 aliphatic carbocycles. The van der Waals surface area contributed by atoms with E-state index >= 15 is 0 Å². The summed E-state index contributed by atoms with van der Waals surface area (Å²) in [5.41, 5.74) is 0.880. The number of carbonyl (C=O) groups is 2. The van der Waals surface area contributed by atoms with Crippen LogP contribution >= 0.6 is 15.9 Å². The molecule has 0 saturated carbocycles. The number of halogens is 1. The van der Waals surface area contributed by atoms with Gasteiger partial charge in [0.2, 0.25) is 5.91 Å². The topological polar surface area (TPSA) is 86.1 Å². The summed E-state index contributed by atoms with van der Waals surface area (Å²) in [6, 6.07) is 7.49. The fraction of sp³-hybridized carbons (Fsp3) is 0.286. The van der Waals surface area contributed by atoms with Crippen molar-refractivity contribution in [2.75, 3.05) is 11.9 Å². The maximum absolute atomic E-state index is 11.9. The van der Waals surface area contributed by atoms with E-state index < -0.39 is 5.97 Å². The summed E-state index contributed by atoms with van der Waals surface area (Å²) in [6.45, 7) is 1.94. The molecule has 0 aliphatic heterocycles. The van der Waals surface area contributed by atoms with Gasteiger partial charge in [0.1, 0.15) is 0 Å². The van der Waals surface area contributed by atoms with Crippen LogP contribution in [0.1, 0.15) is 12.5 Å². The van der Waals surface area contributed by atoms with Crippen LogP contribution in [0, 0.1) is 0 Å². The Balaban J connectivity index is 1.89. The molecule has 0 unspecified atom stereocenters. The molecule has 1 aromatic heterocycles. The van der Waals surface area contributed by atoms with E-state index in [0.717, 1.165) is 10.0 Å². The van der Waals surface area contributed by atoms with Crippen LogP contribution in [0.5, 0.6) is 0 Å². The highest BCUT2D eigenvalue weighted by Crippen LogP contribution is 2.12. The molecule has 0 radical (unpaired) electrons. The average Bonchev–Trinajstić information content (AvgIpc) is 2.85. The fourth-order valence-electron chi connectivity index (χ4n) is 1.77. The van der Waals surface area contributed by atoms with Crippen LogP contribution in [0.4, 0.5) is 5.82 Å². The Labute approximate surface area is 135 Å². The lowest BCUT2D eigenvalue weighted by Gasteiger charge is -2.03. The summed E-state index contributed by atoms with van der Waals surface area (Å²) in [5, 5.41) is 10.5. The average molecular weight is 367 g/mol. The number of nitrogens with zero attached hydrogens (tertiary/aromatic N) is 3. The molecular weight excluding hydrogens is 352 g/mol. The van der Waals surface area contributed by atoms with E-state index in [-0.39, 0.29) is 18.9 Å². The first kappa shape index (κ1) is 16.2. The second-order valence-electron chi connectivity index (χ2n) is 4.42. The highest BCUT2D eigenvalue weighted by Gasteiger charge is 2.10. The van der Waals surface area contributed by atoms with Gasteiger partial charge in [-0.25, -0.2) is 4.79 Å². The third kappa shape index (κ3) is 4.96. The van der Waals surface area contributed by atoms with Gasteiger partial charge in [0.05, 0.1) is 19.2 Å². The van der Waals surface area contributed by atoms with E-state index in [2.05, 4.69) is 31.4 Å². The van der Waals surface area contributed by atoms with Crippen molar-refractivity contribution >= 4 is 33.6 Å². The van der Waals surface area contributed by atoms with Gasteiger partial charge in [0.15, 0.2) is 12.4 Å². The van der Waals surface area contributed by atoms with Crippen LogP contribution in [0.15, 0.2) is 34.9 Å². The standard InChI is InChI=1S/C14H15BrN4O3/c1-2-22-14(21)9-19-16-8-12(18-19)17-13(20)7-10-4-3-5-11(15)6-10/h3-6,8H,2,7,9H2,1H3,(H,17,18,20). The molecule has 1 heterocycles. The number of hydrogen-bond acceptors (Lipinski definition) is 5. The van der Waals surface area contributed by atoms with Gasteiger partial charge in [0.25, 0.3) is 0 Å². The minimum atomic E-state index is -0.426. The van der Waals surface area contributed by atoms with Crippen molar-refractivity contribution < 1.29 is 14.3 Å². The summed E-state index contributed by atoms with van der Waals surface area (Å²) >= 11 is 3.36. The molecule has 1 aromatic carbocycles. The van der Waals surface area contributed by atoms with Gasteiger partial charge in [-0.05, 0) is 24.6 Å². The second kappa shape index (κ2) is 7.69. The number of ether oxygens (including phenoxy) is 1. The number of carbonyl (C=O) groups excluding carboxylic acids is 2. The zero-order valence-corrected chi connectivity index (χ0v) is 13.5. The molecule has 2 aromatic rings. The van der Waals surface area contributed by atoms with Gasteiger partial charge in [-0.15, -0.1) is 5.10 Å². The first-order chi connectivity index (χ1) is 10.6. The van der Waals surface area contributed by atoms with Crippen molar-refractivity contribution in [3.05, 3.63) is 40.5 Å². The highest BCUT2D eigenvalue weighted by molar-refractivity contribution is 9.10. The van der Waals surface area contributed by atoms with Crippen LogP contribution in [-0.4, -0.2) is 33.5 Å². The minimum Gasteiger partial charge on any atom is -0.465 e. The fourth-order valence-corrected chi connectivity index (χ4v) is 2.22. The third-order valence-electron chi connectivity index (χ3n) is 2.63. The smallest absolute Gasteiger partial charge is 0.329 e. The lowest BCUT2D eigenvalue weighted by atomic mass is 10.1. The number of aromatic nitrogens is 3. The first-order valence-corrected chi connectivity index (χ1v) is 7.46. The molecule has 2 rings (SSSR count). The van der Waals surface area contributed by atoms with E-state index in [1.807, 2.05) is 24.3 Å². The Kier molecular flexibility index (Phi) is 5.65. The summed E-state index contributed by atoms with van der Waals surface area (Å²) in [5.74, 6) is -0.337. The number of amides is 1. The van der Waals surface area contributed by atoms with E-state index in [4.69, 9.17) is 4.74 Å². The zero-order chi connectivity index (χ0) is 15.9. The first-order valence-electron chi connectivity index (χ1n) is 6.67. The monoisotopic (exact) mass is 366 g/mol. The molecule has 22 heavy (non-hydrogen) atoms. The number of benzene rings is 1. The number of rotatable bonds is 6. The molecule has 0 atom stereocenters. The maximum Gasteiger partial charge on any atom is 0.329 e. The summed E-state index contributed by atoms with van der Waals surface area (Å²) in [6.07, 6.45) is 1.61. The van der Waals surface area contributed by atoms with Gasteiger partial charge in [-0.2, -0.15) is 9.90 Å². The molecule has 1 amide bonds. The summed E-state index contributed by atoms with van der Waals surface area (Å²) in [7, 11) is 0. The number of esters is 1. The quantitative estimate of drug-likeness (QED) is 0.787. The van der Waals surface area contributed by atoms with Crippen molar-refractivity contribution in [2.24, 2.45) is 0 Å². The molecule has 0 saturated heterocycles. The van der Waals surface area contributed by atoms with E-state index in [0.29, 0.717) is 12.4 Å². The van der Waals surface area contributed by atoms with Crippen LogP contribution in [0.25, 0.3) is 0 Å². The molecule has 1 N–H and O–H groups in total. The van der Waals surface area contributed by atoms with Crippen LogP contribution in [0.2, 0.25) is 0 Å². The predicted molar refractivity (Wildman–Crippen MR) is 83.1 cm³/mol. The molecular formula is C14H15BrN4O3. The zero-order valence-electron chi connectivity index (χ0n) is 12.0. The van der Waals surface area contributed by atoms with Crippen LogP contribution in [0.3, 0.4) is 0 Å². The molecule has 0 bridgehead atoms. The van der Waals surface area contributed by atoms with Crippen molar-refractivity contribution in [2.45, 2.75) is 19.9 Å². The van der Waals surface area contributed by atoms with Crippen molar-refractivity contribution in [1.29, 1.82) is 0 Å². The lowest BCUT2D eigenvalue weighted by molar-refractivity contribution is -0.144. The molecule has 116 valence electrons. The number of nitrogens with one attached hydrogen (secondary N) is 1. The van der Waals surface area contributed by atoms with Crippen molar-refractivity contribution in [3.63, 3.8) is 0 Å². The number of hydrogen-bond donors (Lipinski definition) is 1. The lowest BCUT2D eigenvalue weighted by Crippen LogP contribution is -2.17. The molecule has 0 fully saturated rings. The van der Waals surface area contributed by atoms with Gasteiger partial charge in [-0.3, -0.25) is 4.79 Å². The Hall–Kier alpha value is -2.22. The summed E-state index contributed by atoms with van der Waals surface area (Å²) in [4.78, 5) is 24.4. The Morgan fingerprint density at radius 3 is 2.95 bits per heavy atom. The van der Waals surface area contributed by atoms with Gasteiger partial charge in [0, 0.05) is 4.47 Å². The summed E-state index contributed by atoms with van der Waals surface area (Å²) < 4.78 is 5.71. The van der Waals surface area contributed by atoms with Crippen LogP contribution in [-0.2, 0) is 27.3 Å². The van der Waals surface area contributed by atoms with Gasteiger partial charge >= 0.3 is 5.97 Å². The number of anilines is 1. The molecule has 0 spiro atoms. The van der Waals surface area contributed by atoms with E-state index in [1.165, 1.54) is 11.0 Å². The predicted octanol–water partition coefficient (Wildman–Crippen LogP) is 1.78. The largest absolute Gasteiger partial charge is 0.465 e. The van der Waals surface area contributed by atoms with Crippen LogP contribution < -0.4 is 5.32 Å². The van der Waals surface area contributed by atoms with Crippen molar-refractivity contribution in [1.82, 2.24) is 15.0 Å². The van der Waals surface area contributed by atoms with E-state index in [1.54, 1.807) is 6.92 Å². The Morgan fingerprint density at radius 2 is 2.23 bits per heavy atom. The normalized spacial score (nSPS) is 10.3. The molecule has 8 heteroatoms. The second-order valence-corrected chi connectivity index (χ2v) is 5.34. The Bertz CT molecular complexity index is 672. The Morgan fingerprint density at radius 1 is 1.41 bits per heavy atom. The molecule has 7 nitrogen and oxygen atoms in total. The SMILES string of the molecule is CCOC(=O)Cn1ncc(NC(=O)Cc2cccc(Br)c2)n1. The third-order valence-corrected chi connectivity index (χ3v) is 3.13. The van der Waals surface area contributed by atoms with Gasteiger partial charge < -0.3 is 10.1 Å². The van der Waals surface area contributed by atoms with Crippen molar-refractivity contribution in [3.8, 4) is 0 Å². The van der Waals surface area contributed by atoms with Gasteiger partial charge in [-0.1, -0.05) is 28.1 Å². The van der Waals surface area contributed by atoms with E-state index in [9.17, 15) is 9.59 Å². The maximum atomic E-state index is 11.9.